The predicted molar refractivity (Wildman–Crippen MR) is 104 cm³/mol. The molecule has 3 atom stereocenters. The number of sulfonamides is 1. The van der Waals surface area contributed by atoms with Crippen LogP contribution in [-0.2, 0) is 19.6 Å². The van der Waals surface area contributed by atoms with Crippen LogP contribution in [0.4, 0.5) is 0 Å². The molecule has 0 spiro atoms. The first-order valence-electron chi connectivity index (χ1n) is 9.30. The molecule has 1 amide bonds. The van der Waals surface area contributed by atoms with Crippen molar-refractivity contribution in [1.29, 1.82) is 0 Å². The lowest BCUT2D eigenvalue weighted by Crippen LogP contribution is -2.48. The zero-order valence-electron chi connectivity index (χ0n) is 16.6. The zero-order chi connectivity index (χ0) is 21.1. The Hall–Kier alpha value is -1.97. The third-order valence-corrected chi connectivity index (χ3v) is 6.30. The topological polar surface area (TPSA) is 113 Å². The maximum Gasteiger partial charge on any atom is 0.326 e. The highest BCUT2D eigenvalue weighted by Gasteiger charge is 2.32. The Morgan fingerprint density at radius 3 is 2.18 bits per heavy atom. The van der Waals surface area contributed by atoms with E-state index in [2.05, 4.69) is 5.32 Å². The maximum absolute atomic E-state index is 12.8. The molecule has 28 heavy (non-hydrogen) atoms. The minimum Gasteiger partial charge on any atom is -0.480 e. The molecular weight excluding hydrogens is 384 g/mol. The van der Waals surface area contributed by atoms with E-state index in [0.717, 1.165) is 0 Å². The average molecular weight is 413 g/mol. The van der Waals surface area contributed by atoms with Gasteiger partial charge in [-0.1, -0.05) is 13.8 Å². The van der Waals surface area contributed by atoms with Gasteiger partial charge in [-0.3, -0.25) is 4.79 Å². The Morgan fingerprint density at radius 2 is 1.71 bits per heavy atom. The number of hydrogen-bond donors (Lipinski definition) is 2. The summed E-state index contributed by atoms with van der Waals surface area (Å²) in [6.07, 6.45) is -0.0871. The fourth-order valence-electron chi connectivity index (χ4n) is 3.19. The third-order valence-electron chi connectivity index (χ3n) is 4.45. The van der Waals surface area contributed by atoms with Crippen LogP contribution in [0, 0.1) is 5.92 Å². The molecule has 0 aliphatic carbocycles. The number of morpholine rings is 1. The van der Waals surface area contributed by atoms with Crippen molar-refractivity contribution < 1.29 is 27.9 Å². The normalized spacial score (nSPS) is 22.0. The van der Waals surface area contributed by atoms with E-state index in [1.54, 1.807) is 0 Å². The van der Waals surface area contributed by atoms with Crippen molar-refractivity contribution >= 4 is 21.9 Å². The van der Waals surface area contributed by atoms with Crippen LogP contribution in [-0.4, -0.2) is 61.0 Å². The van der Waals surface area contributed by atoms with Gasteiger partial charge in [-0.2, -0.15) is 4.31 Å². The monoisotopic (exact) mass is 412 g/mol. The van der Waals surface area contributed by atoms with Gasteiger partial charge in [0.25, 0.3) is 5.91 Å². The molecule has 1 aromatic rings. The van der Waals surface area contributed by atoms with Crippen LogP contribution in [0.3, 0.4) is 0 Å². The summed E-state index contributed by atoms with van der Waals surface area (Å²) in [4.78, 5) is 23.7. The van der Waals surface area contributed by atoms with Crippen LogP contribution in [0.2, 0.25) is 0 Å². The predicted octanol–water partition coefficient (Wildman–Crippen LogP) is 1.71. The molecule has 156 valence electrons. The molecule has 1 heterocycles. The summed E-state index contributed by atoms with van der Waals surface area (Å²) in [6.45, 7) is 7.92. The van der Waals surface area contributed by atoms with Crippen LogP contribution in [0.25, 0.3) is 0 Å². The molecule has 1 saturated heterocycles. The Bertz CT molecular complexity index is 796. The number of carboxylic acid groups (broad SMARTS) is 1. The van der Waals surface area contributed by atoms with E-state index < -0.39 is 27.9 Å². The molecule has 0 bridgehead atoms. The first kappa shape index (κ1) is 22.3. The van der Waals surface area contributed by atoms with Gasteiger partial charge < -0.3 is 15.2 Å². The molecule has 2 N–H and O–H groups in total. The Kier molecular flexibility index (Phi) is 7.19. The highest BCUT2D eigenvalue weighted by Crippen LogP contribution is 2.21. The summed E-state index contributed by atoms with van der Waals surface area (Å²) in [6, 6.07) is 4.53. The van der Waals surface area contributed by atoms with E-state index in [1.807, 2.05) is 27.7 Å². The van der Waals surface area contributed by atoms with Crippen LogP contribution in [0.15, 0.2) is 29.2 Å². The zero-order valence-corrected chi connectivity index (χ0v) is 17.4. The van der Waals surface area contributed by atoms with Gasteiger partial charge in [0.1, 0.15) is 6.04 Å². The van der Waals surface area contributed by atoms with Crippen LogP contribution in [0.5, 0.6) is 0 Å². The highest BCUT2D eigenvalue weighted by molar-refractivity contribution is 7.89. The number of hydrogen-bond acceptors (Lipinski definition) is 5. The molecule has 0 aromatic heterocycles. The standard InChI is InChI=1S/C19H28N2O6S/c1-12(2)9-17(19(23)24)20-18(22)15-5-7-16(8-6-15)28(25,26)21-10-13(3)27-14(4)11-21/h5-8,12-14,17H,9-11H2,1-4H3,(H,20,22)(H,23,24)/t13-,14-,17+/m1/s1. The molecule has 0 unspecified atom stereocenters. The van der Waals surface area contributed by atoms with E-state index in [0.29, 0.717) is 6.42 Å². The molecule has 2 rings (SSSR count). The highest BCUT2D eigenvalue weighted by atomic mass is 32.2. The third kappa shape index (κ3) is 5.52. The second-order valence-corrected chi connectivity index (χ2v) is 9.54. The summed E-state index contributed by atoms with van der Waals surface area (Å²) < 4.78 is 32.6. The fourth-order valence-corrected chi connectivity index (χ4v) is 4.78. The van der Waals surface area contributed by atoms with E-state index in [4.69, 9.17) is 4.74 Å². The smallest absolute Gasteiger partial charge is 0.326 e. The average Bonchev–Trinajstić information content (AvgIpc) is 2.60. The van der Waals surface area contributed by atoms with Gasteiger partial charge in [0, 0.05) is 18.7 Å². The lowest BCUT2D eigenvalue weighted by molar-refractivity contribution is -0.139. The summed E-state index contributed by atoms with van der Waals surface area (Å²) in [5.41, 5.74) is 0.206. The summed E-state index contributed by atoms with van der Waals surface area (Å²) >= 11 is 0. The minimum atomic E-state index is -3.70. The molecule has 0 radical (unpaired) electrons. The van der Waals surface area contributed by atoms with E-state index in [9.17, 15) is 23.1 Å². The van der Waals surface area contributed by atoms with Crippen molar-refractivity contribution in [3.63, 3.8) is 0 Å². The summed E-state index contributed by atoms with van der Waals surface area (Å²) in [7, 11) is -3.70. The second kappa shape index (κ2) is 9.02. The van der Waals surface area contributed by atoms with Crippen LogP contribution >= 0.6 is 0 Å². The van der Waals surface area contributed by atoms with Gasteiger partial charge in [0.05, 0.1) is 17.1 Å². The Labute approximate surface area is 165 Å². The number of rotatable bonds is 7. The molecule has 0 saturated carbocycles. The Morgan fingerprint density at radius 1 is 1.18 bits per heavy atom. The van der Waals surface area contributed by atoms with Crippen molar-refractivity contribution in [2.24, 2.45) is 5.92 Å². The number of ether oxygens (including phenoxy) is 1. The molecule has 1 fully saturated rings. The molecule has 1 aromatic carbocycles. The second-order valence-electron chi connectivity index (χ2n) is 7.60. The van der Waals surface area contributed by atoms with Crippen molar-refractivity contribution in [1.82, 2.24) is 9.62 Å². The van der Waals surface area contributed by atoms with Gasteiger partial charge in [0.15, 0.2) is 0 Å². The van der Waals surface area contributed by atoms with Crippen molar-refractivity contribution in [3.8, 4) is 0 Å². The SMILES string of the molecule is CC(C)C[C@H](NC(=O)c1ccc(S(=O)(=O)N2C[C@@H](C)O[C@H](C)C2)cc1)C(=O)O. The van der Waals surface area contributed by atoms with Gasteiger partial charge in [-0.25, -0.2) is 13.2 Å². The molecule has 9 heteroatoms. The van der Waals surface area contributed by atoms with E-state index in [1.165, 1.54) is 28.6 Å². The van der Waals surface area contributed by atoms with Crippen molar-refractivity contribution in [2.45, 2.75) is 57.3 Å². The van der Waals surface area contributed by atoms with Gasteiger partial charge in [0.2, 0.25) is 10.0 Å². The van der Waals surface area contributed by atoms with Gasteiger partial charge in [-0.05, 0) is 50.5 Å². The van der Waals surface area contributed by atoms with Crippen molar-refractivity contribution in [3.05, 3.63) is 29.8 Å². The fraction of sp³-hybridized carbons (Fsp3) is 0.579. The van der Waals surface area contributed by atoms with Crippen LogP contribution < -0.4 is 5.32 Å². The number of aliphatic carboxylic acids is 1. The minimum absolute atomic E-state index is 0.0855. The van der Waals surface area contributed by atoms with Crippen molar-refractivity contribution in [2.75, 3.05) is 13.1 Å². The first-order chi connectivity index (χ1) is 13.0. The number of carbonyl (C=O) groups excluding carboxylic acids is 1. The number of carboxylic acids is 1. The van der Waals surface area contributed by atoms with E-state index in [-0.39, 0.29) is 41.7 Å². The maximum atomic E-state index is 12.8. The number of nitrogens with one attached hydrogen (secondary N) is 1. The summed E-state index contributed by atoms with van der Waals surface area (Å²) in [5, 5.41) is 11.7. The number of nitrogens with zero attached hydrogens (tertiary/aromatic N) is 1. The van der Waals surface area contributed by atoms with Gasteiger partial charge >= 0.3 is 5.97 Å². The van der Waals surface area contributed by atoms with Gasteiger partial charge in [-0.15, -0.1) is 0 Å². The molecule has 1 aliphatic rings. The lowest BCUT2D eigenvalue weighted by atomic mass is 10.0. The molecule has 1 aliphatic heterocycles. The van der Waals surface area contributed by atoms with E-state index >= 15 is 0 Å². The largest absolute Gasteiger partial charge is 0.480 e. The summed E-state index contributed by atoms with van der Waals surface area (Å²) in [5.74, 6) is -1.55. The first-order valence-corrected chi connectivity index (χ1v) is 10.7. The number of benzene rings is 1. The molecule has 8 nitrogen and oxygen atoms in total. The Balaban J connectivity index is 2.13. The van der Waals surface area contributed by atoms with Crippen LogP contribution in [0.1, 0.15) is 44.5 Å². The quantitative estimate of drug-likeness (QED) is 0.705. The lowest BCUT2D eigenvalue weighted by Gasteiger charge is -2.34. The number of carbonyl (C=O) groups is 2. The molecular formula is C19H28N2O6S. The number of amides is 1.